The van der Waals surface area contributed by atoms with E-state index in [0.29, 0.717) is 34.9 Å². The normalized spacial score (nSPS) is 14.2. The minimum atomic E-state index is -0.0564. The molecule has 1 aliphatic rings. The van der Waals surface area contributed by atoms with E-state index in [1.807, 2.05) is 11.4 Å². The summed E-state index contributed by atoms with van der Waals surface area (Å²) < 4.78 is 18.0. The number of fused-ring (bicyclic) bond motifs is 1. The third-order valence-corrected chi connectivity index (χ3v) is 4.44. The number of nitrogens with zero attached hydrogens (tertiary/aromatic N) is 2. The molecule has 1 aliphatic heterocycles. The second-order valence-corrected chi connectivity index (χ2v) is 5.97. The molecule has 0 bridgehead atoms. The van der Waals surface area contributed by atoms with Crippen LogP contribution in [0.3, 0.4) is 0 Å². The molecule has 0 saturated carbocycles. The van der Waals surface area contributed by atoms with Crippen molar-refractivity contribution < 1.29 is 13.9 Å². The summed E-state index contributed by atoms with van der Waals surface area (Å²) in [5, 5.41) is 2.56. The highest BCUT2D eigenvalue weighted by atomic mass is 35.5. The summed E-state index contributed by atoms with van der Waals surface area (Å²) in [5.41, 5.74) is 7.36. The van der Waals surface area contributed by atoms with Gasteiger partial charge in [0.2, 0.25) is 0 Å². The highest BCUT2D eigenvalue weighted by Gasteiger charge is 2.27. The van der Waals surface area contributed by atoms with Crippen LogP contribution in [0.15, 0.2) is 41.7 Å². The molecule has 3 rings (SSSR count). The molecule has 128 valence electrons. The van der Waals surface area contributed by atoms with Crippen LogP contribution in [0.1, 0.15) is 15.9 Å². The van der Waals surface area contributed by atoms with Crippen LogP contribution in [0.25, 0.3) is 0 Å². The molecule has 24 heavy (non-hydrogen) atoms. The van der Waals surface area contributed by atoms with Crippen LogP contribution in [0.5, 0.6) is 5.75 Å². The molecule has 0 aliphatic carbocycles. The number of nitrogens with two attached hydrogens (primary N) is 1. The minimum absolute atomic E-state index is 0. The molecule has 0 unspecified atom stereocenters. The lowest BCUT2D eigenvalue weighted by atomic mass is 9.99. The Hall–Kier alpha value is -1.96. The van der Waals surface area contributed by atoms with Crippen molar-refractivity contribution in [2.24, 2.45) is 5.73 Å². The van der Waals surface area contributed by atoms with Crippen molar-refractivity contribution in [1.29, 1.82) is 0 Å². The maximum atomic E-state index is 12.6. The number of benzene rings is 1. The Bertz CT molecular complexity index is 737. The summed E-state index contributed by atoms with van der Waals surface area (Å²) >= 11 is 1.44. The van der Waals surface area contributed by atoms with Gasteiger partial charge in [-0.1, -0.05) is 0 Å². The van der Waals surface area contributed by atoms with E-state index in [-0.39, 0.29) is 31.5 Å². The van der Waals surface area contributed by atoms with Gasteiger partial charge >= 0.3 is 0 Å². The average Bonchev–Trinajstić information content (AvgIpc) is 3.10. The topological polar surface area (TPSA) is 68.5 Å². The van der Waals surface area contributed by atoms with E-state index in [9.17, 15) is 9.18 Å². The first-order valence-electron chi connectivity index (χ1n) is 7.18. The van der Waals surface area contributed by atoms with Crippen molar-refractivity contribution >= 4 is 34.8 Å². The third kappa shape index (κ3) is 3.75. The van der Waals surface area contributed by atoms with Gasteiger partial charge in [-0.2, -0.15) is 0 Å². The molecule has 5 nitrogen and oxygen atoms in total. The van der Waals surface area contributed by atoms with E-state index in [1.54, 1.807) is 23.2 Å². The molecule has 1 aromatic carbocycles. The van der Waals surface area contributed by atoms with Crippen LogP contribution in [-0.2, 0) is 6.42 Å². The average molecular weight is 370 g/mol. The molecule has 2 N–H and O–H groups in total. The molecule has 8 heteroatoms. The highest BCUT2D eigenvalue weighted by molar-refractivity contribution is 7.13. The molecule has 0 spiro atoms. The first-order valence-corrected chi connectivity index (χ1v) is 8.06. The van der Waals surface area contributed by atoms with Crippen molar-refractivity contribution in [3.05, 3.63) is 52.8 Å². The van der Waals surface area contributed by atoms with Crippen LogP contribution >= 0.6 is 23.7 Å². The summed E-state index contributed by atoms with van der Waals surface area (Å²) in [7, 11) is 0. The van der Waals surface area contributed by atoms with Gasteiger partial charge in [0.1, 0.15) is 12.4 Å². The molecule has 0 radical (unpaired) electrons. The lowest BCUT2D eigenvalue weighted by Gasteiger charge is -2.26. The molecular formula is C16H17ClFN3O2S. The maximum Gasteiger partial charge on any atom is 0.260 e. The monoisotopic (exact) mass is 369 g/mol. The molecule has 0 saturated heterocycles. The van der Waals surface area contributed by atoms with Crippen LogP contribution < -0.4 is 15.4 Å². The number of carbonyl (C=O) groups is 1. The molecule has 1 aromatic heterocycles. The largest absolute Gasteiger partial charge is 0.489 e. The predicted molar refractivity (Wildman–Crippen MR) is 94.9 cm³/mol. The number of rotatable bonds is 5. The Balaban J connectivity index is 0.00000208. The smallest absolute Gasteiger partial charge is 0.260 e. The van der Waals surface area contributed by atoms with Gasteiger partial charge in [0.25, 0.3) is 5.91 Å². The zero-order valence-electron chi connectivity index (χ0n) is 12.8. The van der Waals surface area contributed by atoms with Gasteiger partial charge in [0.15, 0.2) is 5.13 Å². The first-order chi connectivity index (χ1) is 11.2. The fourth-order valence-corrected chi connectivity index (χ4v) is 3.06. The van der Waals surface area contributed by atoms with E-state index in [0.717, 1.165) is 12.0 Å². The van der Waals surface area contributed by atoms with E-state index in [4.69, 9.17) is 10.5 Å². The Kier molecular flexibility index (Phi) is 6.30. The minimum Gasteiger partial charge on any atom is -0.489 e. The third-order valence-electron chi connectivity index (χ3n) is 3.65. The fourth-order valence-electron chi connectivity index (χ4n) is 2.40. The van der Waals surface area contributed by atoms with Crippen molar-refractivity contribution in [2.75, 3.05) is 24.6 Å². The van der Waals surface area contributed by atoms with E-state index in [1.165, 1.54) is 11.3 Å². The zero-order chi connectivity index (χ0) is 16.2. The second-order valence-electron chi connectivity index (χ2n) is 5.10. The summed E-state index contributed by atoms with van der Waals surface area (Å²) in [4.78, 5) is 18.4. The Morgan fingerprint density at radius 3 is 3.00 bits per heavy atom. The van der Waals surface area contributed by atoms with Crippen LogP contribution in [0.4, 0.5) is 9.52 Å². The van der Waals surface area contributed by atoms with Gasteiger partial charge in [0.05, 0.1) is 6.33 Å². The number of amides is 1. The second kappa shape index (κ2) is 8.23. The van der Waals surface area contributed by atoms with Crippen LogP contribution in [0.2, 0.25) is 0 Å². The van der Waals surface area contributed by atoms with Gasteiger partial charge in [-0.3, -0.25) is 9.69 Å². The standard InChI is InChI=1S/C16H16FN3O2S.ClH/c17-8-11(9-18)10-22-13-1-2-14-12(7-13)3-5-20(15(14)21)16-19-4-6-23-16;/h1-2,4,6-8H,3,5,9-10,18H2;1H/b11-8-;. The Labute approximate surface area is 149 Å². The van der Waals surface area contributed by atoms with E-state index in [2.05, 4.69) is 4.98 Å². The SMILES string of the molecule is Cl.NC/C(=C/F)COc1ccc2c(c1)CCN(c1nccs1)C2=O. The van der Waals surface area contributed by atoms with E-state index >= 15 is 0 Å². The molecule has 2 aromatic rings. The van der Waals surface area contributed by atoms with Crippen LogP contribution in [0, 0.1) is 0 Å². The number of carbonyl (C=O) groups excluding carboxylic acids is 1. The zero-order valence-corrected chi connectivity index (χ0v) is 14.4. The van der Waals surface area contributed by atoms with Gasteiger partial charge in [-0.15, -0.1) is 23.7 Å². The predicted octanol–water partition coefficient (Wildman–Crippen LogP) is 2.96. The lowest BCUT2D eigenvalue weighted by molar-refractivity contribution is 0.0980. The number of aromatic nitrogens is 1. The van der Waals surface area contributed by atoms with Gasteiger partial charge in [-0.05, 0) is 30.2 Å². The van der Waals surface area contributed by atoms with E-state index < -0.39 is 0 Å². The number of anilines is 1. The number of halogens is 2. The summed E-state index contributed by atoms with van der Waals surface area (Å²) in [6.07, 6.45) is 2.88. The van der Waals surface area contributed by atoms with Crippen molar-refractivity contribution in [2.45, 2.75) is 6.42 Å². The molecule has 0 fully saturated rings. The number of hydrogen-bond acceptors (Lipinski definition) is 5. The van der Waals surface area contributed by atoms with Crippen molar-refractivity contribution in [1.82, 2.24) is 4.98 Å². The van der Waals surface area contributed by atoms with Gasteiger partial charge in [-0.25, -0.2) is 9.37 Å². The van der Waals surface area contributed by atoms with Crippen molar-refractivity contribution in [3.8, 4) is 5.75 Å². The summed E-state index contributed by atoms with van der Waals surface area (Å²) in [6.45, 7) is 0.801. The van der Waals surface area contributed by atoms with Gasteiger partial charge in [0, 0.05) is 35.8 Å². The molecular weight excluding hydrogens is 353 g/mol. The summed E-state index contributed by atoms with van der Waals surface area (Å²) in [6, 6.07) is 5.29. The Morgan fingerprint density at radius 2 is 2.33 bits per heavy atom. The molecule has 0 atom stereocenters. The summed E-state index contributed by atoms with van der Waals surface area (Å²) in [5.74, 6) is 0.547. The van der Waals surface area contributed by atoms with Crippen molar-refractivity contribution in [3.63, 3.8) is 0 Å². The van der Waals surface area contributed by atoms with Gasteiger partial charge < -0.3 is 10.5 Å². The quantitative estimate of drug-likeness (QED) is 0.879. The van der Waals surface area contributed by atoms with Crippen LogP contribution in [-0.4, -0.2) is 30.6 Å². The molecule has 1 amide bonds. The first kappa shape index (κ1) is 18.4. The number of thiazole rings is 1. The highest BCUT2D eigenvalue weighted by Crippen LogP contribution is 2.28. The number of ether oxygens (including phenoxy) is 1. The fraction of sp³-hybridized carbons (Fsp3) is 0.250. The maximum absolute atomic E-state index is 12.6. The molecule has 2 heterocycles. The Morgan fingerprint density at radius 1 is 1.50 bits per heavy atom. The lowest BCUT2D eigenvalue weighted by Crippen LogP contribution is -2.37. The number of hydrogen-bond donors (Lipinski definition) is 1.